The Morgan fingerprint density at radius 1 is 1.44 bits per heavy atom. The fraction of sp³-hybridized carbons (Fsp3) is 0.700. The van der Waals surface area contributed by atoms with Gasteiger partial charge in [-0.1, -0.05) is 13.8 Å². The first-order valence-corrected chi connectivity index (χ1v) is 6.06. The van der Waals surface area contributed by atoms with Crippen LogP contribution in [0.4, 0.5) is 0 Å². The van der Waals surface area contributed by atoms with Crippen molar-refractivity contribution in [2.45, 2.75) is 33.6 Å². The molecule has 1 heterocycles. The molecule has 0 aliphatic carbocycles. The van der Waals surface area contributed by atoms with E-state index in [0.29, 0.717) is 12.3 Å². The van der Waals surface area contributed by atoms with Crippen LogP contribution in [0.3, 0.4) is 0 Å². The summed E-state index contributed by atoms with van der Waals surface area (Å²) in [6.07, 6.45) is 1.62. The standard InChI is InChI=1S/C10H18N2O3S/c1-7(2)6-10-11-8(3)9(16-10)4-5-15-12(13)14/h7,13-14H,4-6H2,1-3H3. The van der Waals surface area contributed by atoms with Crippen molar-refractivity contribution in [3.05, 3.63) is 15.6 Å². The number of hydrogen-bond acceptors (Lipinski definition) is 6. The minimum atomic E-state index is -0.259. The minimum Gasteiger partial charge on any atom is -0.266 e. The van der Waals surface area contributed by atoms with Crippen LogP contribution in [0, 0.1) is 12.8 Å². The molecule has 16 heavy (non-hydrogen) atoms. The van der Waals surface area contributed by atoms with Crippen LogP contribution in [-0.4, -0.2) is 27.4 Å². The second-order valence-electron chi connectivity index (χ2n) is 4.05. The molecule has 0 amide bonds. The van der Waals surface area contributed by atoms with E-state index in [2.05, 4.69) is 23.7 Å². The second kappa shape index (κ2) is 6.27. The van der Waals surface area contributed by atoms with Crippen molar-refractivity contribution in [3.8, 4) is 0 Å². The molecular weight excluding hydrogens is 228 g/mol. The van der Waals surface area contributed by atoms with Crippen molar-refractivity contribution in [1.29, 1.82) is 0 Å². The Bertz CT molecular complexity index is 326. The number of rotatable bonds is 6. The molecule has 0 radical (unpaired) electrons. The molecule has 0 aromatic carbocycles. The van der Waals surface area contributed by atoms with Gasteiger partial charge in [0.05, 0.1) is 22.7 Å². The van der Waals surface area contributed by atoms with Gasteiger partial charge in [0, 0.05) is 17.7 Å². The molecule has 5 nitrogen and oxygen atoms in total. The van der Waals surface area contributed by atoms with Crippen LogP contribution in [0.2, 0.25) is 0 Å². The highest BCUT2D eigenvalue weighted by molar-refractivity contribution is 7.11. The summed E-state index contributed by atoms with van der Waals surface area (Å²) in [5.74, 6) is 0.597. The third-order valence-corrected chi connectivity index (χ3v) is 3.30. The number of nitrogens with zero attached hydrogens (tertiary/aromatic N) is 2. The van der Waals surface area contributed by atoms with Gasteiger partial charge in [0.15, 0.2) is 0 Å². The summed E-state index contributed by atoms with van der Waals surface area (Å²) < 4.78 is 0. The van der Waals surface area contributed by atoms with Gasteiger partial charge in [0.25, 0.3) is 0 Å². The van der Waals surface area contributed by atoms with Crippen molar-refractivity contribution in [1.82, 2.24) is 10.4 Å². The number of hydrogen-bond donors (Lipinski definition) is 2. The van der Waals surface area contributed by atoms with Gasteiger partial charge in [-0.2, -0.15) is 0 Å². The minimum absolute atomic E-state index is 0.233. The van der Waals surface area contributed by atoms with Gasteiger partial charge >= 0.3 is 0 Å². The normalized spacial score (nSPS) is 11.7. The molecule has 0 aliphatic heterocycles. The molecule has 1 rings (SSSR count). The second-order valence-corrected chi connectivity index (χ2v) is 5.22. The first-order valence-electron chi connectivity index (χ1n) is 5.25. The van der Waals surface area contributed by atoms with Crippen LogP contribution in [0.15, 0.2) is 0 Å². The van der Waals surface area contributed by atoms with Crippen molar-refractivity contribution in [3.63, 3.8) is 0 Å². The van der Waals surface area contributed by atoms with E-state index >= 15 is 0 Å². The summed E-state index contributed by atoms with van der Waals surface area (Å²) >= 11 is 1.67. The summed E-state index contributed by atoms with van der Waals surface area (Å²) in [6.45, 7) is 6.52. The highest BCUT2D eigenvalue weighted by Gasteiger charge is 2.09. The molecular formula is C10H18N2O3S. The van der Waals surface area contributed by atoms with Gasteiger partial charge in [-0.15, -0.1) is 11.3 Å². The van der Waals surface area contributed by atoms with Crippen molar-refractivity contribution in [2.24, 2.45) is 5.92 Å². The Morgan fingerprint density at radius 3 is 2.69 bits per heavy atom. The summed E-state index contributed by atoms with van der Waals surface area (Å²) in [6, 6.07) is 0. The van der Waals surface area contributed by atoms with Crippen LogP contribution < -0.4 is 0 Å². The van der Waals surface area contributed by atoms with E-state index in [9.17, 15) is 0 Å². The van der Waals surface area contributed by atoms with Crippen molar-refractivity contribution < 1.29 is 15.3 Å². The first kappa shape index (κ1) is 13.5. The van der Waals surface area contributed by atoms with Gasteiger partial charge in [-0.05, 0) is 12.8 Å². The molecule has 0 saturated heterocycles. The van der Waals surface area contributed by atoms with Crippen LogP contribution in [0.25, 0.3) is 0 Å². The summed E-state index contributed by atoms with van der Waals surface area (Å²) in [5, 5.41) is 17.6. The van der Waals surface area contributed by atoms with E-state index in [4.69, 9.17) is 10.4 Å². The fourth-order valence-corrected chi connectivity index (χ4v) is 2.64. The predicted molar refractivity (Wildman–Crippen MR) is 60.5 cm³/mol. The third-order valence-electron chi connectivity index (χ3n) is 2.06. The van der Waals surface area contributed by atoms with Gasteiger partial charge in [-0.3, -0.25) is 15.3 Å². The maximum Gasteiger partial charge on any atom is 0.0933 e. The van der Waals surface area contributed by atoms with Crippen LogP contribution in [0.5, 0.6) is 0 Å². The van der Waals surface area contributed by atoms with Crippen LogP contribution in [0.1, 0.15) is 29.4 Å². The largest absolute Gasteiger partial charge is 0.266 e. The summed E-state index contributed by atoms with van der Waals surface area (Å²) in [5.41, 5.74) is 1.01. The lowest BCUT2D eigenvalue weighted by atomic mass is 10.1. The number of thiazole rings is 1. The van der Waals surface area contributed by atoms with Crippen molar-refractivity contribution >= 4 is 11.3 Å². The monoisotopic (exact) mass is 246 g/mol. The third kappa shape index (κ3) is 4.54. The molecule has 0 saturated carbocycles. The number of aromatic nitrogens is 1. The van der Waals surface area contributed by atoms with E-state index < -0.39 is 0 Å². The Morgan fingerprint density at radius 2 is 2.12 bits per heavy atom. The maximum atomic E-state index is 8.38. The predicted octanol–water partition coefficient (Wildman–Crippen LogP) is 2.20. The van der Waals surface area contributed by atoms with E-state index in [0.717, 1.165) is 22.0 Å². The molecule has 0 unspecified atom stereocenters. The summed E-state index contributed by atoms with van der Waals surface area (Å²) in [7, 11) is 0. The molecule has 1 aromatic rings. The zero-order valence-electron chi connectivity index (χ0n) is 9.80. The molecule has 0 fully saturated rings. The first-order chi connectivity index (χ1) is 7.49. The lowest BCUT2D eigenvalue weighted by molar-refractivity contribution is -0.492. The van der Waals surface area contributed by atoms with Crippen LogP contribution >= 0.6 is 11.3 Å². The van der Waals surface area contributed by atoms with Crippen molar-refractivity contribution in [2.75, 3.05) is 6.61 Å². The molecule has 6 heteroatoms. The highest BCUT2D eigenvalue weighted by Crippen LogP contribution is 2.21. The fourth-order valence-electron chi connectivity index (χ4n) is 1.38. The molecule has 2 N–H and O–H groups in total. The zero-order valence-corrected chi connectivity index (χ0v) is 10.6. The molecule has 0 atom stereocenters. The molecule has 0 spiro atoms. The lowest BCUT2D eigenvalue weighted by Crippen LogP contribution is -2.16. The lowest BCUT2D eigenvalue weighted by Gasteiger charge is -2.04. The Labute approximate surface area is 99.2 Å². The zero-order chi connectivity index (χ0) is 12.1. The molecule has 92 valence electrons. The summed E-state index contributed by atoms with van der Waals surface area (Å²) in [4.78, 5) is 10.1. The Balaban J connectivity index is 2.50. The topological polar surface area (TPSA) is 65.8 Å². The average Bonchev–Trinajstić information content (AvgIpc) is 2.45. The highest BCUT2D eigenvalue weighted by atomic mass is 32.1. The van der Waals surface area contributed by atoms with E-state index in [1.165, 1.54) is 0 Å². The SMILES string of the molecule is Cc1nc(CC(C)C)sc1CCON(O)O. The van der Waals surface area contributed by atoms with Crippen LogP contribution in [-0.2, 0) is 17.7 Å². The van der Waals surface area contributed by atoms with E-state index in [1.54, 1.807) is 11.3 Å². The molecule has 1 aromatic heterocycles. The smallest absolute Gasteiger partial charge is 0.0933 e. The van der Waals surface area contributed by atoms with Gasteiger partial charge in [-0.25, -0.2) is 4.98 Å². The Hall–Kier alpha value is -0.530. The quantitative estimate of drug-likeness (QED) is 0.753. The maximum absolute atomic E-state index is 8.38. The molecule has 0 bridgehead atoms. The number of aryl methyl sites for hydroxylation is 1. The Kier molecular flexibility index (Phi) is 5.30. The average molecular weight is 246 g/mol. The van der Waals surface area contributed by atoms with E-state index in [1.807, 2.05) is 6.92 Å². The van der Waals surface area contributed by atoms with E-state index in [-0.39, 0.29) is 12.0 Å². The van der Waals surface area contributed by atoms with Gasteiger partial charge < -0.3 is 0 Å². The van der Waals surface area contributed by atoms with Gasteiger partial charge in [0.1, 0.15) is 0 Å². The van der Waals surface area contributed by atoms with Gasteiger partial charge in [0.2, 0.25) is 0 Å². The molecule has 0 aliphatic rings.